The number of nitrogens with zero attached hydrogens (tertiary/aromatic N) is 2. The van der Waals surface area contributed by atoms with Gasteiger partial charge in [-0.3, -0.25) is 0 Å². The summed E-state index contributed by atoms with van der Waals surface area (Å²) < 4.78 is 2.67. The van der Waals surface area contributed by atoms with Crippen LogP contribution in [-0.2, 0) is 0 Å². The van der Waals surface area contributed by atoms with Crippen molar-refractivity contribution in [2.24, 2.45) is 0 Å². The van der Waals surface area contributed by atoms with Crippen LogP contribution < -0.4 is 15.8 Å². The van der Waals surface area contributed by atoms with Gasteiger partial charge in [-0.25, -0.2) is 0 Å². The lowest BCUT2D eigenvalue weighted by Gasteiger charge is -2.43. The third-order valence-electron chi connectivity index (χ3n) is 8.41. The van der Waals surface area contributed by atoms with Crippen molar-refractivity contribution in [2.45, 2.75) is 16.1 Å². The van der Waals surface area contributed by atoms with Crippen molar-refractivity contribution in [2.75, 3.05) is 4.90 Å². The summed E-state index contributed by atoms with van der Waals surface area (Å²) in [6.07, 6.45) is 0. The zero-order chi connectivity index (χ0) is 23.4. The van der Waals surface area contributed by atoms with E-state index in [1.165, 1.54) is 60.3 Å². The van der Waals surface area contributed by atoms with E-state index >= 15 is 0 Å². The average Bonchev–Trinajstić information content (AvgIpc) is 3.49. The van der Waals surface area contributed by atoms with Crippen LogP contribution in [0.15, 0.2) is 120 Å². The summed E-state index contributed by atoms with van der Waals surface area (Å²) in [5.41, 5.74) is 11.0. The molecule has 0 bridgehead atoms. The molecule has 0 amide bonds. The van der Waals surface area contributed by atoms with Crippen molar-refractivity contribution in [3.05, 3.63) is 121 Å². The zero-order valence-corrected chi connectivity index (χ0v) is 20.3. The van der Waals surface area contributed by atoms with Gasteiger partial charge in [-0.05, 0) is 52.9 Å². The average molecular weight is 476 g/mol. The molecule has 0 saturated heterocycles. The maximum absolute atomic E-state index is 2.67. The Morgan fingerprint density at radius 1 is 0.639 bits per heavy atom. The standard InChI is InChI=1S/C32H21BN2S/c1-2-10-20(11-3-1)34-26-16-8-6-14-24(26)33-29-23-13-5-9-17-28(23)36-32(29)35-25-15-7-4-12-21(25)22-18-19-27(34)30(33)31(22)35/h1-19,29,32H. The van der Waals surface area contributed by atoms with Gasteiger partial charge >= 0.3 is 0 Å². The molecule has 5 aromatic carbocycles. The molecule has 2 nitrogen and oxygen atoms in total. The number of para-hydroxylation sites is 3. The first-order valence-electron chi connectivity index (χ1n) is 12.7. The Morgan fingerprint density at radius 3 is 2.36 bits per heavy atom. The van der Waals surface area contributed by atoms with Gasteiger partial charge in [0.1, 0.15) is 0 Å². The number of rotatable bonds is 1. The Kier molecular flexibility index (Phi) is 3.68. The van der Waals surface area contributed by atoms with E-state index in [0.717, 1.165) is 0 Å². The van der Waals surface area contributed by atoms with Gasteiger partial charge in [0.25, 0.3) is 0 Å². The molecule has 4 heterocycles. The molecule has 0 fully saturated rings. The van der Waals surface area contributed by atoms with Gasteiger partial charge < -0.3 is 9.47 Å². The van der Waals surface area contributed by atoms with Gasteiger partial charge in [-0.2, -0.15) is 0 Å². The van der Waals surface area contributed by atoms with Gasteiger partial charge in [0, 0.05) is 44.1 Å². The van der Waals surface area contributed by atoms with Crippen LogP contribution in [0.3, 0.4) is 0 Å². The minimum Gasteiger partial charge on any atom is -0.328 e. The summed E-state index contributed by atoms with van der Waals surface area (Å²) in [5, 5.41) is 3.07. The number of thioether (sulfide) groups is 1. The van der Waals surface area contributed by atoms with Crippen molar-refractivity contribution in [1.82, 2.24) is 4.57 Å². The van der Waals surface area contributed by atoms with Crippen molar-refractivity contribution in [3.8, 4) is 0 Å². The first kappa shape index (κ1) is 19.3. The fraction of sp³-hybridized carbons (Fsp3) is 0.0625. The fourth-order valence-corrected chi connectivity index (χ4v) is 8.65. The van der Waals surface area contributed by atoms with Crippen LogP contribution in [0.2, 0.25) is 0 Å². The smallest absolute Gasteiger partial charge is 0.228 e. The number of hydrogen-bond donors (Lipinski definition) is 0. The molecule has 1 aromatic heterocycles. The molecule has 3 aliphatic rings. The first-order chi connectivity index (χ1) is 17.9. The van der Waals surface area contributed by atoms with E-state index in [-0.39, 0.29) is 0 Å². The topological polar surface area (TPSA) is 8.17 Å². The Balaban J connectivity index is 1.47. The molecule has 0 saturated carbocycles. The van der Waals surface area contributed by atoms with E-state index in [1.807, 2.05) is 11.8 Å². The van der Waals surface area contributed by atoms with E-state index in [0.29, 0.717) is 17.9 Å². The summed E-state index contributed by atoms with van der Waals surface area (Å²) in [6, 6.07) is 42.8. The van der Waals surface area contributed by atoms with E-state index in [9.17, 15) is 0 Å². The second-order valence-corrected chi connectivity index (χ2v) is 11.2. The summed E-state index contributed by atoms with van der Waals surface area (Å²) in [4.78, 5) is 3.91. The maximum Gasteiger partial charge on any atom is 0.228 e. The monoisotopic (exact) mass is 476 g/mol. The summed E-state index contributed by atoms with van der Waals surface area (Å²) >= 11 is 2.05. The Morgan fingerprint density at radius 2 is 1.42 bits per heavy atom. The molecule has 2 atom stereocenters. The molecule has 36 heavy (non-hydrogen) atoms. The highest BCUT2D eigenvalue weighted by Gasteiger charge is 2.51. The SMILES string of the molecule is c1ccc(N2c3ccccc3B3c4c2ccc2c5ccccc5n(c42)C2Sc4ccccc4C32)cc1. The van der Waals surface area contributed by atoms with Crippen LogP contribution in [0.5, 0.6) is 0 Å². The predicted molar refractivity (Wildman–Crippen MR) is 153 cm³/mol. The van der Waals surface area contributed by atoms with E-state index in [1.54, 1.807) is 0 Å². The quantitative estimate of drug-likeness (QED) is 0.233. The van der Waals surface area contributed by atoms with E-state index in [2.05, 4.69) is 125 Å². The fourth-order valence-electron chi connectivity index (χ4n) is 7.12. The van der Waals surface area contributed by atoms with Crippen LogP contribution in [0.4, 0.5) is 17.1 Å². The molecular formula is C32H21BN2S. The van der Waals surface area contributed by atoms with Crippen LogP contribution in [0.25, 0.3) is 21.8 Å². The van der Waals surface area contributed by atoms with Crippen LogP contribution >= 0.6 is 11.8 Å². The maximum atomic E-state index is 2.67. The third kappa shape index (κ3) is 2.27. The molecule has 6 aromatic rings. The Bertz CT molecular complexity index is 1860. The van der Waals surface area contributed by atoms with Crippen LogP contribution in [-0.4, -0.2) is 11.3 Å². The highest BCUT2D eigenvalue weighted by molar-refractivity contribution is 7.99. The summed E-state index contributed by atoms with van der Waals surface area (Å²) in [7, 11) is 0. The van der Waals surface area contributed by atoms with Gasteiger partial charge in [0.2, 0.25) is 6.71 Å². The third-order valence-corrected chi connectivity index (χ3v) is 9.79. The molecule has 0 N–H and O–H groups in total. The van der Waals surface area contributed by atoms with Gasteiger partial charge in [0.15, 0.2) is 0 Å². The second kappa shape index (κ2) is 6.86. The summed E-state index contributed by atoms with van der Waals surface area (Å²) in [6.45, 7) is 0.317. The van der Waals surface area contributed by atoms with Crippen LogP contribution in [0.1, 0.15) is 16.8 Å². The van der Waals surface area contributed by atoms with E-state index in [4.69, 9.17) is 0 Å². The lowest BCUT2D eigenvalue weighted by atomic mass is 9.30. The summed E-state index contributed by atoms with van der Waals surface area (Å²) in [5.74, 6) is 0.387. The molecule has 4 heteroatoms. The Hall–Kier alpha value is -3.89. The molecule has 0 spiro atoms. The van der Waals surface area contributed by atoms with Crippen molar-refractivity contribution < 1.29 is 0 Å². The van der Waals surface area contributed by atoms with Gasteiger partial charge in [-0.15, -0.1) is 11.8 Å². The minimum atomic E-state index is 0.317. The van der Waals surface area contributed by atoms with Crippen molar-refractivity contribution in [3.63, 3.8) is 0 Å². The minimum absolute atomic E-state index is 0.317. The zero-order valence-electron chi connectivity index (χ0n) is 19.5. The van der Waals surface area contributed by atoms with Gasteiger partial charge in [0.05, 0.1) is 10.9 Å². The number of anilines is 3. The molecule has 0 radical (unpaired) electrons. The van der Waals surface area contributed by atoms with Gasteiger partial charge in [-0.1, -0.05) is 78.9 Å². The molecule has 0 aliphatic carbocycles. The molecular weight excluding hydrogens is 455 g/mol. The lowest BCUT2D eigenvalue weighted by molar-refractivity contribution is 0.696. The van der Waals surface area contributed by atoms with E-state index < -0.39 is 0 Å². The highest BCUT2D eigenvalue weighted by Crippen LogP contribution is 2.58. The normalized spacial score (nSPS) is 18.9. The first-order valence-corrected chi connectivity index (χ1v) is 13.5. The number of hydrogen-bond acceptors (Lipinski definition) is 2. The molecule has 9 rings (SSSR count). The largest absolute Gasteiger partial charge is 0.328 e. The lowest BCUT2D eigenvalue weighted by Crippen LogP contribution is -2.57. The molecule has 2 unspecified atom stereocenters. The number of benzene rings is 5. The second-order valence-electron chi connectivity index (χ2n) is 10.1. The van der Waals surface area contributed by atoms with Crippen LogP contribution in [0, 0.1) is 0 Å². The predicted octanol–water partition coefficient (Wildman–Crippen LogP) is 7.13. The number of aromatic nitrogens is 1. The Labute approximate surface area is 214 Å². The highest BCUT2D eigenvalue weighted by atomic mass is 32.2. The molecule has 3 aliphatic heterocycles. The number of fused-ring (bicyclic) bond motifs is 10. The molecule has 168 valence electrons. The van der Waals surface area contributed by atoms with Crippen molar-refractivity contribution >= 4 is 68.3 Å². The van der Waals surface area contributed by atoms with Crippen molar-refractivity contribution in [1.29, 1.82) is 0 Å².